The Morgan fingerprint density at radius 2 is 2.22 bits per heavy atom. The van der Waals surface area contributed by atoms with Crippen LogP contribution in [0.15, 0.2) is 24.3 Å². The van der Waals surface area contributed by atoms with Crippen LogP contribution >= 0.6 is 0 Å². The number of nitrogens with zero attached hydrogens (tertiary/aromatic N) is 1. The fourth-order valence-electron chi connectivity index (χ4n) is 2.37. The van der Waals surface area contributed by atoms with Gasteiger partial charge in [-0.1, -0.05) is 12.1 Å². The molecule has 0 spiro atoms. The van der Waals surface area contributed by atoms with Crippen molar-refractivity contribution < 1.29 is 14.3 Å². The number of hydrogen-bond donors (Lipinski definition) is 1. The molecule has 2 heterocycles. The van der Waals surface area contributed by atoms with Crippen LogP contribution in [0, 0.1) is 0 Å². The van der Waals surface area contributed by atoms with Crippen LogP contribution in [0.1, 0.15) is 0 Å². The highest BCUT2D eigenvalue weighted by Crippen LogP contribution is 2.33. The van der Waals surface area contributed by atoms with Crippen LogP contribution in [-0.2, 0) is 9.53 Å². The topological polar surface area (TPSA) is 50.8 Å². The maximum Gasteiger partial charge on any atom is 0.269 e. The molecule has 18 heavy (non-hydrogen) atoms. The zero-order valence-electron chi connectivity index (χ0n) is 10.3. The van der Waals surface area contributed by atoms with Gasteiger partial charge in [-0.2, -0.15) is 0 Å². The minimum absolute atomic E-state index is 0.0308. The van der Waals surface area contributed by atoms with Crippen molar-refractivity contribution in [3.63, 3.8) is 0 Å². The number of likely N-dealkylation sites (N-methyl/N-ethyl adjacent to an activating group) is 1. The normalized spacial score (nSPS) is 27.6. The number of rotatable bonds is 1. The van der Waals surface area contributed by atoms with Gasteiger partial charge in [-0.3, -0.25) is 4.79 Å². The monoisotopic (exact) mass is 248 g/mol. The molecule has 1 N–H and O–H groups in total. The number of morpholine rings is 1. The Kier molecular flexibility index (Phi) is 2.93. The maximum atomic E-state index is 12.3. The van der Waals surface area contributed by atoms with Crippen LogP contribution in [-0.4, -0.2) is 44.9 Å². The quantitative estimate of drug-likeness (QED) is 0.781. The third kappa shape index (κ3) is 1.85. The Morgan fingerprint density at radius 3 is 3.00 bits per heavy atom. The van der Waals surface area contributed by atoms with Gasteiger partial charge >= 0.3 is 0 Å². The van der Waals surface area contributed by atoms with Crippen molar-refractivity contribution in [3.05, 3.63) is 24.3 Å². The van der Waals surface area contributed by atoms with Gasteiger partial charge in [0.15, 0.2) is 6.10 Å². The predicted molar refractivity (Wildman–Crippen MR) is 66.9 cm³/mol. The number of carbonyl (C=O) groups is 1. The second-order valence-electron chi connectivity index (χ2n) is 4.54. The van der Waals surface area contributed by atoms with E-state index >= 15 is 0 Å². The van der Waals surface area contributed by atoms with E-state index in [0.717, 1.165) is 18.0 Å². The van der Waals surface area contributed by atoms with Gasteiger partial charge in [0.2, 0.25) is 0 Å². The standard InChI is InChI=1S/C13H16N2O3/c1-15-10-4-2-3-5-11(10)18-12(13(15)16)9-8-17-7-6-14-9/h2-5,9,12,14H,6-8H2,1H3. The molecule has 2 atom stereocenters. The lowest BCUT2D eigenvalue weighted by molar-refractivity contribution is -0.129. The van der Waals surface area contributed by atoms with E-state index in [4.69, 9.17) is 9.47 Å². The molecule has 1 fully saturated rings. The number of hydrogen-bond acceptors (Lipinski definition) is 4. The lowest BCUT2D eigenvalue weighted by Crippen LogP contribution is -2.58. The van der Waals surface area contributed by atoms with Crippen LogP contribution in [0.3, 0.4) is 0 Å². The van der Waals surface area contributed by atoms with Crippen LogP contribution in [0.2, 0.25) is 0 Å². The second kappa shape index (κ2) is 4.59. The Hall–Kier alpha value is -1.59. The summed E-state index contributed by atoms with van der Waals surface area (Å²) in [5.74, 6) is 0.716. The first-order valence-corrected chi connectivity index (χ1v) is 6.12. The van der Waals surface area contributed by atoms with Gasteiger partial charge < -0.3 is 19.7 Å². The summed E-state index contributed by atoms with van der Waals surface area (Å²) in [5, 5.41) is 3.27. The SMILES string of the molecule is CN1C(=O)C(C2COCCN2)Oc2ccccc21. The molecular weight excluding hydrogens is 232 g/mol. The molecule has 1 aromatic carbocycles. The summed E-state index contributed by atoms with van der Waals surface area (Å²) in [6, 6.07) is 7.49. The van der Waals surface area contributed by atoms with Crippen LogP contribution in [0.4, 0.5) is 5.69 Å². The fraction of sp³-hybridized carbons (Fsp3) is 0.462. The molecule has 5 nitrogen and oxygen atoms in total. The van der Waals surface area contributed by atoms with Crippen molar-refractivity contribution in [2.45, 2.75) is 12.1 Å². The highest BCUT2D eigenvalue weighted by atomic mass is 16.5. The molecule has 0 bridgehead atoms. The Morgan fingerprint density at radius 1 is 1.39 bits per heavy atom. The fourth-order valence-corrected chi connectivity index (χ4v) is 2.37. The van der Waals surface area contributed by atoms with Gasteiger partial charge in [0.1, 0.15) is 5.75 Å². The van der Waals surface area contributed by atoms with E-state index in [9.17, 15) is 4.79 Å². The van der Waals surface area contributed by atoms with Gasteiger partial charge in [-0.15, -0.1) is 0 Å². The maximum absolute atomic E-state index is 12.3. The lowest BCUT2D eigenvalue weighted by Gasteiger charge is -2.37. The second-order valence-corrected chi connectivity index (χ2v) is 4.54. The zero-order valence-corrected chi connectivity index (χ0v) is 10.3. The molecule has 0 saturated carbocycles. The summed E-state index contributed by atoms with van der Waals surface area (Å²) in [4.78, 5) is 13.9. The van der Waals surface area contributed by atoms with Crippen molar-refractivity contribution in [2.75, 3.05) is 31.7 Å². The third-order valence-electron chi connectivity index (χ3n) is 3.37. The average Bonchev–Trinajstić information content (AvgIpc) is 2.44. The molecule has 1 saturated heterocycles. The number of anilines is 1. The van der Waals surface area contributed by atoms with Crippen LogP contribution in [0.25, 0.3) is 0 Å². The minimum atomic E-state index is -0.509. The summed E-state index contributed by atoms with van der Waals surface area (Å²) in [6.07, 6.45) is -0.509. The average molecular weight is 248 g/mol. The highest BCUT2D eigenvalue weighted by molar-refractivity contribution is 6.00. The van der Waals surface area contributed by atoms with E-state index in [2.05, 4.69) is 5.32 Å². The van der Waals surface area contributed by atoms with Crippen LogP contribution < -0.4 is 15.0 Å². The van der Waals surface area contributed by atoms with Gasteiger partial charge in [0.05, 0.1) is 24.9 Å². The first-order chi connectivity index (χ1) is 8.77. The number of nitrogens with one attached hydrogen (secondary N) is 1. The summed E-state index contributed by atoms with van der Waals surface area (Å²) < 4.78 is 11.2. The first-order valence-electron chi connectivity index (χ1n) is 6.12. The molecule has 0 radical (unpaired) electrons. The van der Waals surface area contributed by atoms with Crippen molar-refractivity contribution >= 4 is 11.6 Å². The predicted octanol–water partition coefficient (Wildman–Crippen LogP) is 0.399. The van der Waals surface area contributed by atoms with E-state index in [1.54, 1.807) is 11.9 Å². The van der Waals surface area contributed by atoms with E-state index < -0.39 is 6.10 Å². The Labute approximate surface area is 106 Å². The van der Waals surface area contributed by atoms with Crippen molar-refractivity contribution in [1.82, 2.24) is 5.32 Å². The largest absolute Gasteiger partial charge is 0.477 e. The van der Waals surface area contributed by atoms with E-state index in [1.807, 2.05) is 24.3 Å². The van der Waals surface area contributed by atoms with Gasteiger partial charge in [-0.05, 0) is 12.1 Å². The van der Waals surface area contributed by atoms with E-state index in [0.29, 0.717) is 13.2 Å². The van der Waals surface area contributed by atoms with Crippen LogP contribution in [0.5, 0.6) is 5.75 Å². The molecule has 2 unspecified atom stereocenters. The molecule has 3 rings (SSSR count). The van der Waals surface area contributed by atoms with E-state index in [-0.39, 0.29) is 11.9 Å². The molecule has 1 amide bonds. The molecule has 0 aromatic heterocycles. The zero-order chi connectivity index (χ0) is 12.5. The Balaban J connectivity index is 1.88. The first kappa shape index (κ1) is 11.5. The third-order valence-corrected chi connectivity index (χ3v) is 3.37. The Bertz CT molecular complexity index is 457. The van der Waals surface area contributed by atoms with Crippen molar-refractivity contribution in [2.24, 2.45) is 0 Å². The summed E-state index contributed by atoms with van der Waals surface area (Å²) >= 11 is 0. The van der Waals surface area contributed by atoms with Crippen molar-refractivity contribution in [1.29, 1.82) is 0 Å². The number of amides is 1. The molecule has 2 aliphatic heterocycles. The smallest absolute Gasteiger partial charge is 0.269 e. The van der Waals surface area contributed by atoms with Gasteiger partial charge in [0, 0.05) is 13.6 Å². The summed E-state index contributed by atoms with van der Waals surface area (Å²) in [7, 11) is 1.78. The highest BCUT2D eigenvalue weighted by Gasteiger charge is 2.38. The van der Waals surface area contributed by atoms with Gasteiger partial charge in [-0.25, -0.2) is 0 Å². The number of para-hydroxylation sites is 2. The number of fused-ring (bicyclic) bond motifs is 1. The van der Waals surface area contributed by atoms with Gasteiger partial charge in [0.25, 0.3) is 5.91 Å². The van der Waals surface area contributed by atoms with E-state index in [1.165, 1.54) is 0 Å². The lowest BCUT2D eigenvalue weighted by atomic mass is 10.1. The molecule has 5 heteroatoms. The molecule has 96 valence electrons. The van der Waals surface area contributed by atoms with Crippen molar-refractivity contribution in [3.8, 4) is 5.75 Å². The molecular formula is C13H16N2O3. The minimum Gasteiger partial charge on any atom is -0.477 e. The number of ether oxygens (including phenoxy) is 2. The number of benzene rings is 1. The summed E-state index contributed by atoms with van der Waals surface area (Å²) in [6.45, 7) is 1.94. The molecule has 0 aliphatic carbocycles. The number of carbonyl (C=O) groups excluding carboxylic acids is 1. The molecule has 2 aliphatic rings. The molecule has 1 aromatic rings. The summed E-state index contributed by atoms with van der Waals surface area (Å²) in [5.41, 5.74) is 0.815.